The number of rotatable bonds is 8. The molecule has 8 nitrogen and oxygen atoms in total. The summed E-state index contributed by atoms with van der Waals surface area (Å²) < 4.78 is 19.5. The zero-order valence-corrected chi connectivity index (χ0v) is 19.8. The zero-order valence-electron chi connectivity index (χ0n) is 19.0. The van der Waals surface area contributed by atoms with E-state index in [1.807, 2.05) is 40.7 Å². The van der Waals surface area contributed by atoms with Crippen LogP contribution in [0.3, 0.4) is 0 Å². The molecule has 0 unspecified atom stereocenters. The highest BCUT2D eigenvalue weighted by Gasteiger charge is 2.40. The van der Waals surface area contributed by atoms with Gasteiger partial charge in [0.25, 0.3) is 0 Å². The second-order valence-electron chi connectivity index (χ2n) is 8.85. The number of nitrogens with one attached hydrogen (secondary N) is 1. The molecule has 1 amide bonds. The first-order valence-corrected chi connectivity index (χ1v) is 11.3. The molecular formula is C22H33ClN4O4. The number of ether oxygens (including phenoxy) is 3. The molecule has 2 aromatic heterocycles. The van der Waals surface area contributed by atoms with Crippen LogP contribution < -0.4 is 5.32 Å². The van der Waals surface area contributed by atoms with E-state index < -0.39 is 23.5 Å². The molecule has 9 heteroatoms. The van der Waals surface area contributed by atoms with Crippen LogP contribution in [-0.2, 0) is 19.7 Å². The van der Waals surface area contributed by atoms with Crippen molar-refractivity contribution in [2.75, 3.05) is 19.8 Å². The minimum atomic E-state index is -0.562. The molecule has 0 aromatic carbocycles. The third-order valence-corrected chi connectivity index (χ3v) is 5.57. The summed E-state index contributed by atoms with van der Waals surface area (Å²) in [6, 6.07) is 2.00. The molecule has 2 heterocycles. The fraction of sp³-hybridized carbons (Fsp3) is 0.682. The number of alkyl carbamates (subject to hydrolysis) is 1. The Kier molecular flexibility index (Phi) is 7.44. The minimum absolute atomic E-state index is 0.177. The van der Waals surface area contributed by atoms with Crippen LogP contribution >= 0.6 is 11.6 Å². The summed E-state index contributed by atoms with van der Waals surface area (Å²) >= 11 is 6.17. The molecule has 0 bridgehead atoms. The van der Waals surface area contributed by atoms with Crippen LogP contribution in [0.15, 0.2) is 12.3 Å². The van der Waals surface area contributed by atoms with E-state index in [2.05, 4.69) is 19.9 Å². The summed E-state index contributed by atoms with van der Waals surface area (Å²) in [7, 11) is 0. The van der Waals surface area contributed by atoms with E-state index in [1.54, 1.807) is 6.20 Å². The van der Waals surface area contributed by atoms with E-state index in [9.17, 15) is 4.79 Å². The van der Waals surface area contributed by atoms with Crippen molar-refractivity contribution >= 4 is 28.7 Å². The van der Waals surface area contributed by atoms with Crippen molar-refractivity contribution in [2.24, 2.45) is 0 Å². The maximum atomic E-state index is 12.4. The average Bonchev–Trinajstić information content (AvgIpc) is 3.30. The van der Waals surface area contributed by atoms with Gasteiger partial charge in [-0.05, 0) is 65.1 Å². The average molecular weight is 453 g/mol. The van der Waals surface area contributed by atoms with E-state index in [1.165, 1.54) is 0 Å². The molecule has 0 saturated heterocycles. The number of carbonyl (C=O) groups excluding carboxylic acids is 1. The monoisotopic (exact) mass is 452 g/mol. The van der Waals surface area contributed by atoms with Gasteiger partial charge in [-0.3, -0.25) is 0 Å². The van der Waals surface area contributed by atoms with E-state index in [4.69, 9.17) is 25.8 Å². The topological polar surface area (TPSA) is 87.5 Å². The molecule has 1 fully saturated rings. The largest absolute Gasteiger partial charge is 0.444 e. The smallest absolute Gasteiger partial charge is 0.407 e. The normalized spacial score (nSPS) is 16.2. The molecule has 1 saturated carbocycles. The number of fused-ring (bicyclic) bond motifs is 1. The molecule has 1 N–H and O–H groups in total. The van der Waals surface area contributed by atoms with E-state index in [-0.39, 0.29) is 5.28 Å². The molecule has 0 aliphatic heterocycles. The lowest BCUT2D eigenvalue weighted by atomic mass is 9.96. The number of aromatic nitrogens is 3. The first-order valence-electron chi connectivity index (χ1n) is 10.9. The third-order valence-electron chi connectivity index (χ3n) is 5.39. The number of amides is 1. The first kappa shape index (κ1) is 23.8. The van der Waals surface area contributed by atoms with E-state index in [0.29, 0.717) is 25.4 Å². The quantitative estimate of drug-likeness (QED) is 0.450. The lowest BCUT2D eigenvalue weighted by molar-refractivity contribution is -0.145. The highest BCUT2D eigenvalue weighted by molar-refractivity contribution is 6.28. The third kappa shape index (κ3) is 5.48. The Labute approximate surface area is 188 Å². The van der Waals surface area contributed by atoms with Crippen LogP contribution in [0.5, 0.6) is 0 Å². The number of carbonyl (C=O) groups is 1. The molecule has 1 aliphatic carbocycles. The summed E-state index contributed by atoms with van der Waals surface area (Å²) in [6.07, 6.45) is 4.57. The molecular weight excluding hydrogens is 420 g/mol. The van der Waals surface area contributed by atoms with E-state index >= 15 is 0 Å². The van der Waals surface area contributed by atoms with Gasteiger partial charge >= 0.3 is 6.09 Å². The fourth-order valence-corrected chi connectivity index (χ4v) is 4.37. The Hall–Kier alpha value is -1.90. The Morgan fingerprint density at radius 2 is 1.90 bits per heavy atom. The van der Waals surface area contributed by atoms with Gasteiger partial charge in [0.15, 0.2) is 6.29 Å². The van der Waals surface area contributed by atoms with Crippen molar-refractivity contribution in [3.8, 4) is 0 Å². The maximum absolute atomic E-state index is 12.4. The SMILES string of the molecule is CCOC(OCC)c1cc2cnc(Cl)nc2n1C1(CNC(=O)OC(C)(C)C)CCCC1. The molecule has 3 rings (SSSR count). The first-order chi connectivity index (χ1) is 14.7. The standard InChI is InChI=1S/C22H33ClN4O4/c1-6-29-18(30-7-2)16-12-15-13-24-19(23)26-17(15)27(16)22(10-8-9-11-22)14-25-20(28)31-21(3,4)5/h12-13,18H,6-11,14H2,1-5H3,(H,25,28). The van der Waals surface area contributed by atoms with Gasteiger partial charge in [0.05, 0.1) is 11.2 Å². The van der Waals surface area contributed by atoms with Gasteiger partial charge in [0.1, 0.15) is 11.2 Å². The van der Waals surface area contributed by atoms with Crippen molar-refractivity contribution < 1.29 is 19.0 Å². The Balaban J connectivity index is 2.06. The second-order valence-corrected chi connectivity index (χ2v) is 9.19. The van der Waals surface area contributed by atoms with Gasteiger partial charge in [-0.25, -0.2) is 9.78 Å². The Bertz CT molecular complexity index is 897. The number of nitrogens with zero attached hydrogens (tertiary/aromatic N) is 3. The van der Waals surface area contributed by atoms with Gasteiger partial charge in [-0.15, -0.1) is 0 Å². The Morgan fingerprint density at radius 1 is 1.26 bits per heavy atom. The van der Waals surface area contributed by atoms with Crippen LogP contribution in [-0.4, -0.2) is 46.0 Å². The van der Waals surface area contributed by atoms with Gasteiger partial charge in [-0.1, -0.05) is 12.8 Å². The highest BCUT2D eigenvalue weighted by Crippen LogP contribution is 2.42. The van der Waals surface area contributed by atoms with Crippen LogP contribution in [0, 0.1) is 0 Å². The molecule has 31 heavy (non-hydrogen) atoms. The molecule has 0 spiro atoms. The van der Waals surface area contributed by atoms with Crippen molar-refractivity contribution in [1.82, 2.24) is 19.9 Å². The van der Waals surface area contributed by atoms with Crippen molar-refractivity contribution in [3.05, 3.63) is 23.2 Å². The predicted molar refractivity (Wildman–Crippen MR) is 119 cm³/mol. The summed E-state index contributed by atoms with van der Waals surface area (Å²) in [5.74, 6) is 0. The zero-order chi connectivity index (χ0) is 22.6. The van der Waals surface area contributed by atoms with Crippen molar-refractivity contribution in [3.63, 3.8) is 0 Å². The molecule has 2 aromatic rings. The fourth-order valence-electron chi connectivity index (χ4n) is 4.25. The van der Waals surface area contributed by atoms with Gasteiger partial charge in [0, 0.05) is 31.3 Å². The van der Waals surface area contributed by atoms with Crippen molar-refractivity contribution in [2.45, 2.75) is 77.7 Å². The second kappa shape index (κ2) is 9.71. The summed E-state index contributed by atoms with van der Waals surface area (Å²) in [6.45, 7) is 10.8. The van der Waals surface area contributed by atoms with Crippen LogP contribution in [0.1, 0.15) is 72.3 Å². The summed E-state index contributed by atoms with van der Waals surface area (Å²) in [5.41, 5.74) is 0.613. The number of halogens is 1. The van der Waals surface area contributed by atoms with Crippen molar-refractivity contribution in [1.29, 1.82) is 0 Å². The maximum Gasteiger partial charge on any atom is 0.407 e. The van der Waals surface area contributed by atoms with Gasteiger partial charge in [0.2, 0.25) is 5.28 Å². The summed E-state index contributed by atoms with van der Waals surface area (Å²) in [5, 5.41) is 4.01. The molecule has 0 radical (unpaired) electrons. The number of hydrogen-bond donors (Lipinski definition) is 1. The van der Waals surface area contributed by atoms with Crippen LogP contribution in [0.4, 0.5) is 4.79 Å². The highest BCUT2D eigenvalue weighted by atomic mass is 35.5. The summed E-state index contributed by atoms with van der Waals surface area (Å²) in [4.78, 5) is 21.1. The molecule has 172 valence electrons. The minimum Gasteiger partial charge on any atom is -0.444 e. The van der Waals surface area contributed by atoms with Gasteiger partial charge in [-0.2, -0.15) is 4.98 Å². The number of hydrogen-bond acceptors (Lipinski definition) is 6. The molecule has 1 aliphatic rings. The van der Waals surface area contributed by atoms with Crippen LogP contribution in [0.25, 0.3) is 11.0 Å². The lowest BCUT2D eigenvalue weighted by Crippen LogP contribution is -2.45. The predicted octanol–water partition coefficient (Wildman–Crippen LogP) is 4.95. The molecule has 0 atom stereocenters. The van der Waals surface area contributed by atoms with Crippen LogP contribution in [0.2, 0.25) is 5.28 Å². The van der Waals surface area contributed by atoms with E-state index in [0.717, 1.165) is 36.8 Å². The lowest BCUT2D eigenvalue weighted by Gasteiger charge is -2.35. The van der Waals surface area contributed by atoms with Gasteiger partial charge < -0.3 is 24.1 Å². The Morgan fingerprint density at radius 3 is 2.48 bits per heavy atom.